The van der Waals surface area contributed by atoms with Gasteiger partial charge in [-0.05, 0) is 38.1 Å². The Morgan fingerprint density at radius 2 is 1.62 bits per heavy atom. The Balaban J connectivity index is 0.000000211. The molecule has 0 fully saturated rings. The van der Waals surface area contributed by atoms with Gasteiger partial charge in [-0.3, -0.25) is 14.8 Å². The monoisotopic (exact) mass is 288 g/mol. The Hall–Kier alpha value is -2.47. The van der Waals surface area contributed by atoms with Crippen LogP contribution in [0.3, 0.4) is 0 Å². The number of rotatable bonds is 2. The summed E-state index contributed by atoms with van der Waals surface area (Å²) in [6.07, 6.45) is 3.16. The van der Waals surface area contributed by atoms with Gasteiger partial charge >= 0.3 is 0 Å². The smallest absolute Gasteiger partial charge is 0.180 e. The zero-order valence-corrected chi connectivity index (χ0v) is 12.4. The molecule has 112 valence electrons. The fourth-order valence-electron chi connectivity index (χ4n) is 1.64. The van der Waals surface area contributed by atoms with Crippen LogP contribution in [0, 0.1) is 0 Å². The topological polar surface area (TPSA) is 115 Å². The van der Waals surface area contributed by atoms with E-state index < -0.39 is 5.60 Å². The molecule has 0 aliphatic carbocycles. The zero-order valence-electron chi connectivity index (χ0n) is 12.4. The first-order chi connectivity index (χ1) is 9.73. The number of pyridine rings is 2. The lowest BCUT2D eigenvalue weighted by atomic mass is 10.0. The number of aromatic nitrogens is 2. The van der Waals surface area contributed by atoms with Gasteiger partial charge in [0.05, 0.1) is 17.1 Å². The molecule has 0 bridgehead atoms. The van der Waals surface area contributed by atoms with Crippen molar-refractivity contribution in [3.63, 3.8) is 0 Å². The van der Waals surface area contributed by atoms with Gasteiger partial charge in [0.15, 0.2) is 5.78 Å². The van der Waals surface area contributed by atoms with E-state index >= 15 is 0 Å². The molecule has 0 saturated heterocycles. The molecule has 0 unspecified atom stereocenters. The van der Waals surface area contributed by atoms with Crippen molar-refractivity contribution >= 4 is 17.2 Å². The van der Waals surface area contributed by atoms with Crippen molar-refractivity contribution in [2.45, 2.75) is 26.4 Å². The summed E-state index contributed by atoms with van der Waals surface area (Å²) in [4.78, 5) is 18.5. The van der Waals surface area contributed by atoms with E-state index in [9.17, 15) is 9.90 Å². The van der Waals surface area contributed by atoms with Gasteiger partial charge in [-0.1, -0.05) is 0 Å². The summed E-state index contributed by atoms with van der Waals surface area (Å²) in [5.41, 5.74) is 11.9. The third kappa shape index (κ3) is 4.85. The summed E-state index contributed by atoms with van der Waals surface area (Å²) in [6, 6.07) is 6.82. The van der Waals surface area contributed by atoms with Gasteiger partial charge in [0, 0.05) is 19.3 Å². The fourth-order valence-corrected chi connectivity index (χ4v) is 1.64. The molecule has 0 saturated carbocycles. The lowest BCUT2D eigenvalue weighted by Crippen LogP contribution is -2.19. The number of ketones is 1. The number of aliphatic hydroxyl groups is 1. The van der Waals surface area contributed by atoms with Crippen LogP contribution in [-0.2, 0) is 5.60 Å². The minimum absolute atomic E-state index is 0.0990. The molecule has 6 heteroatoms. The van der Waals surface area contributed by atoms with E-state index in [0.717, 1.165) is 0 Å². The highest BCUT2D eigenvalue weighted by Gasteiger charge is 2.19. The van der Waals surface area contributed by atoms with E-state index in [2.05, 4.69) is 9.97 Å². The second-order valence-corrected chi connectivity index (χ2v) is 5.00. The molecule has 0 aromatic carbocycles. The Labute approximate surface area is 123 Å². The van der Waals surface area contributed by atoms with Crippen molar-refractivity contribution < 1.29 is 9.90 Å². The maximum Gasteiger partial charge on any atom is 0.180 e. The van der Waals surface area contributed by atoms with Gasteiger partial charge in [-0.2, -0.15) is 0 Å². The molecular weight excluding hydrogens is 268 g/mol. The van der Waals surface area contributed by atoms with E-state index in [4.69, 9.17) is 11.5 Å². The van der Waals surface area contributed by atoms with E-state index in [0.29, 0.717) is 22.8 Å². The Bertz CT molecular complexity index is 621. The van der Waals surface area contributed by atoms with E-state index in [1.165, 1.54) is 6.92 Å². The number of carbonyl (C=O) groups excluding carboxylic acids is 1. The van der Waals surface area contributed by atoms with E-state index in [-0.39, 0.29) is 5.78 Å². The number of hydrogen-bond acceptors (Lipinski definition) is 6. The SMILES string of the molecule is CC(=O)c1ncccc1N.CC(C)(O)c1ncccc1N. The van der Waals surface area contributed by atoms with Crippen molar-refractivity contribution in [2.75, 3.05) is 11.5 Å². The van der Waals surface area contributed by atoms with Crippen LogP contribution in [0.4, 0.5) is 11.4 Å². The molecule has 2 aromatic heterocycles. The maximum absolute atomic E-state index is 10.7. The van der Waals surface area contributed by atoms with Crippen molar-refractivity contribution in [1.82, 2.24) is 9.97 Å². The summed E-state index contributed by atoms with van der Waals surface area (Å²) in [6.45, 7) is 4.76. The van der Waals surface area contributed by atoms with Gasteiger partial charge in [0.2, 0.25) is 0 Å². The fraction of sp³-hybridized carbons (Fsp3) is 0.267. The standard InChI is InChI=1S/C8H12N2O.C7H8N2O/c1-8(2,11)7-6(9)4-3-5-10-7;1-5(10)7-6(8)3-2-4-9-7/h3-5,11H,9H2,1-2H3;2-4H,8H2,1H3. The van der Waals surface area contributed by atoms with Crippen LogP contribution < -0.4 is 11.5 Å². The van der Waals surface area contributed by atoms with Gasteiger partial charge in [0.25, 0.3) is 0 Å². The lowest BCUT2D eigenvalue weighted by molar-refractivity contribution is 0.0747. The van der Waals surface area contributed by atoms with Crippen molar-refractivity contribution in [3.8, 4) is 0 Å². The first kappa shape index (κ1) is 16.6. The minimum atomic E-state index is -0.953. The molecule has 2 aromatic rings. The van der Waals surface area contributed by atoms with Crippen molar-refractivity contribution in [3.05, 3.63) is 48.0 Å². The number of nitrogen functional groups attached to an aromatic ring is 2. The number of Topliss-reactive ketones (excluding diaryl/α,β-unsaturated/α-hetero) is 1. The van der Waals surface area contributed by atoms with E-state index in [1.54, 1.807) is 50.5 Å². The normalized spacial score (nSPS) is 10.5. The van der Waals surface area contributed by atoms with Crippen LogP contribution in [0.25, 0.3) is 0 Å². The minimum Gasteiger partial charge on any atom is -0.397 e. The zero-order chi connectivity index (χ0) is 16.0. The molecule has 0 amide bonds. The Kier molecular flexibility index (Phi) is 5.37. The predicted octanol–water partition coefficient (Wildman–Crippen LogP) is 1.76. The van der Waals surface area contributed by atoms with Gasteiger partial charge in [0.1, 0.15) is 11.3 Å². The largest absolute Gasteiger partial charge is 0.397 e. The van der Waals surface area contributed by atoms with Gasteiger partial charge in [-0.15, -0.1) is 0 Å². The number of anilines is 2. The number of nitrogens with two attached hydrogens (primary N) is 2. The highest BCUT2D eigenvalue weighted by atomic mass is 16.3. The Morgan fingerprint density at radius 1 is 1.10 bits per heavy atom. The van der Waals surface area contributed by atoms with Gasteiger partial charge in [-0.25, -0.2) is 0 Å². The summed E-state index contributed by atoms with van der Waals surface area (Å²) in [5, 5.41) is 9.53. The molecule has 0 aliphatic heterocycles. The molecular formula is C15H20N4O2. The summed E-state index contributed by atoms with van der Waals surface area (Å²) < 4.78 is 0. The predicted molar refractivity (Wildman–Crippen MR) is 82.5 cm³/mol. The average molecular weight is 288 g/mol. The number of nitrogens with zero attached hydrogens (tertiary/aromatic N) is 2. The third-order valence-corrected chi connectivity index (χ3v) is 2.59. The summed E-state index contributed by atoms with van der Waals surface area (Å²) >= 11 is 0. The van der Waals surface area contributed by atoms with Crippen LogP contribution in [0.15, 0.2) is 36.7 Å². The van der Waals surface area contributed by atoms with E-state index in [1.807, 2.05) is 0 Å². The molecule has 2 heterocycles. The molecule has 0 atom stereocenters. The highest BCUT2D eigenvalue weighted by molar-refractivity contribution is 5.96. The van der Waals surface area contributed by atoms with Crippen LogP contribution in [0.2, 0.25) is 0 Å². The average Bonchev–Trinajstić information content (AvgIpc) is 2.39. The van der Waals surface area contributed by atoms with Crippen LogP contribution in [0.1, 0.15) is 37.0 Å². The van der Waals surface area contributed by atoms with Gasteiger partial charge < -0.3 is 16.6 Å². The first-order valence-corrected chi connectivity index (χ1v) is 6.38. The molecule has 0 spiro atoms. The molecule has 0 aliphatic rings. The highest BCUT2D eigenvalue weighted by Crippen LogP contribution is 2.21. The van der Waals surface area contributed by atoms with Crippen LogP contribution in [-0.4, -0.2) is 20.9 Å². The molecule has 6 nitrogen and oxygen atoms in total. The second kappa shape index (κ2) is 6.81. The van der Waals surface area contributed by atoms with Crippen LogP contribution >= 0.6 is 0 Å². The van der Waals surface area contributed by atoms with Crippen molar-refractivity contribution in [1.29, 1.82) is 0 Å². The molecule has 21 heavy (non-hydrogen) atoms. The second-order valence-electron chi connectivity index (χ2n) is 5.00. The molecule has 2 rings (SSSR count). The van der Waals surface area contributed by atoms with Crippen LogP contribution in [0.5, 0.6) is 0 Å². The lowest BCUT2D eigenvalue weighted by Gasteiger charge is -2.17. The molecule has 5 N–H and O–H groups in total. The first-order valence-electron chi connectivity index (χ1n) is 6.38. The maximum atomic E-state index is 10.7. The summed E-state index contributed by atoms with van der Waals surface area (Å²) in [5.74, 6) is -0.0990. The summed E-state index contributed by atoms with van der Waals surface area (Å²) in [7, 11) is 0. The quantitative estimate of drug-likeness (QED) is 0.725. The number of hydrogen-bond donors (Lipinski definition) is 3. The molecule has 0 radical (unpaired) electrons. The number of carbonyl (C=O) groups is 1. The third-order valence-electron chi connectivity index (χ3n) is 2.59. The van der Waals surface area contributed by atoms with Crippen molar-refractivity contribution in [2.24, 2.45) is 0 Å². The Morgan fingerprint density at radius 3 is 1.95 bits per heavy atom.